The standard InChI is InChI=1S/C18H18N2O/c1-13(15-7-3-9-16(12-15)21-2)20-17-10-4-6-14-8-5-11-19-18(14)17/h3-13,20H,1-2H3. The van der Waals surface area contributed by atoms with Gasteiger partial charge in [-0.2, -0.15) is 0 Å². The summed E-state index contributed by atoms with van der Waals surface area (Å²) in [5, 5.41) is 4.67. The Bertz CT molecular complexity index is 750. The van der Waals surface area contributed by atoms with Crippen molar-refractivity contribution in [2.24, 2.45) is 0 Å². The van der Waals surface area contributed by atoms with Crippen molar-refractivity contribution in [2.75, 3.05) is 12.4 Å². The minimum Gasteiger partial charge on any atom is -0.497 e. The first-order chi connectivity index (χ1) is 10.3. The molecule has 0 aliphatic rings. The Hall–Kier alpha value is -2.55. The minimum atomic E-state index is 0.174. The van der Waals surface area contributed by atoms with Gasteiger partial charge in [0.2, 0.25) is 0 Å². The van der Waals surface area contributed by atoms with Gasteiger partial charge in [0.25, 0.3) is 0 Å². The zero-order valence-electron chi connectivity index (χ0n) is 12.2. The maximum Gasteiger partial charge on any atom is 0.119 e. The number of nitrogens with zero attached hydrogens (tertiary/aromatic N) is 1. The van der Waals surface area contributed by atoms with Gasteiger partial charge in [-0.05, 0) is 36.8 Å². The molecule has 3 rings (SSSR count). The number of hydrogen-bond acceptors (Lipinski definition) is 3. The van der Waals surface area contributed by atoms with E-state index >= 15 is 0 Å². The summed E-state index contributed by atoms with van der Waals surface area (Å²) in [6, 6.07) is 18.5. The van der Waals surface area contributed by atoms with Crippen LogP contribution in [-0.2, 0) is 0 Å². The number of methoxy groups -OCH3 is 1. The highest BCUT2D eigenvalue weighted by atomic mass is 16.5. The van der Waals surface area contributed by atoms with Crippen LogP contribution in [-0.4, -0.2) is 12.1 Å². The van der Waals surface area contributed by atoms with E-state index in [1.807, 2.05) is 30.5 Å². The number of nitrogens with one attached hydrogen (secondary N) is 1. The Morgan fingerprint density at radius 2 is 1.86 bits per heavy atom. The highest BCUT2D eigenvalue weighted by Gasteiger charge is 2.08. The molecule has 3 nitrogen and oxygen atoms in total. The number of rotatable bonds is 4. The Labute approximate surface area is 124 Å². The van der Waals surface area contributed by atoms with Crippen LogP contribution in [0.2, 0.25) is 0 Å². The predicted octanol–water partition coefficient (Wildman–Crippen LogP) is 4.42. The number of pyridine rings is 1. The van der Waals surface area contributed by atoms with Crippen LogP contribution >= 0.6 is 0 Å². The Morgan fingerprint density at radius 1 is 1.05 bits per heavy atom. The summed E-state index contributed by atoms with van der Waals surface area (Å²) in [5.74, 6) is 0.872. The molecule has 0 aliphatic heterocycles. The molecular formula is C18H18N2O. The number of para-hydroxylation sites is 1. The topological polar surface area (TPSA) is 34.1 Å². The fourth-order valence-corrected chi connectivity index (χ4v) is 2.45. The van der Waals surface area contributed by atoms with Crippen LogP contribution in [0, 0.1) is 0 Å². The fraction of sp³-hybridized carbons (Fsp3) is 0.167. The molecule has 21 heavy (non-hydrogen) atoms. The molecule has 1 N–H and O–H groups in total. The van der Waals surface area contributed by atoms with Crippen molar-refractivity contribution in [2.45, 2.75) is 13.0 Å². The molecule has 1 atom stereocenters. The van der Waals surface area contributed by atoms with Gasteiger partial charge in [-0.15, -0.1) is 0 Å². The van der Waals surface area contributed by atoms with Crippen LogP contribution in [0.1, 0.15) is 18.5 Å². The molecule has 0 saturated heterocycles. The summed E-state index contributed by atoms with van der Waals surface area (Å²) in [6.07, 6.45) is 1.82. The first-order valence-electron chi connectivity index (χ1n) is 7.02. The van der Waals surface area contributed by atoms with E-state index in [4.69, 9.17) is 4.74 Å². The van der Waals surface area contributed by atoms with Crippen LogP contribution in [0.4, 0.5) is 5.69 Å². The van der Waals surface area contributed by atoms with Gasteiger partial charge in [0.05, 0.1) is 18.3 Å². The van der Waals surface area contributed by atoms with Crippen molar-refractivity contribution in [3.05, 3.63) is 66.4 Å². The molecule has 1 unspecified atom stereocenters. The van der Waals surface area contributed by atoms with Crippen molar-refractivity contribution < 1.29 is 4.74 Å². The molecule has 0 bridgehead atoms. The highest BCUT2D eigenvalue weighted by Crippen LogP contribution is 2.26. The molecule has 0 radical (unpaired) electrons. The van der Waals surface area contributed by atoms with E-state index in [0.29, 0.717) is 0 Å². The summed E-state index contributed by atoms with van der Waals surface area (Å²) >= 11 is 0. The van der Waals surface area contributed by atoms with Gasteiger partial charge in [0, 0.05) is 17.6 Å². The summed E-state index contributed by atoms with van der Waals surface area (Å²) in [7, 11) is 1.69. The van der Waals surface area contributed by atoms with Gasteiger partial charge in [-0.3, -0.25) is 4.98 Å². The van der Waals surface area contributed by atoms with Crippen molar-refractivity contribution in [1.29, 1.82) is 0 Å². The van der Waals surface area contributed by atoms with E-state index in [9.17, 15) is 0 Å². The third-order valence-electron chi connectivity index (χ3n) is 3.60. The first-order valence-corrected chi connectivity index (χ1v) is 7.02. The van der Waals surface area contributed by atoms with Crippen molar-refractivity contribution >= 4 is 16.6 Å². The van der Waals surface area contributed by atoms with E-state index in [0.717, 1.165) is 22.3 Å². The fourth-order valence-electron chi connectivity index (χ4n) is 2.45. The Balaban J connectivity index is 1.90. The second-order valence-electron chi connectivity index (χ2n) is 5.02. The van der Waals surface area contributed by atoms with Gasteiger partial charge < -0.3 is 10.1 Å². The molecule has 0 amide bonds. The smallest absolute Gasteiger partial charge is 0.119 e. The molecule has 1 heterocycles. The normalized spacial score (nSPS) is 12.1. The zero-order valence-corrected chi connectivity index (χ0v) is 12.2. The van der Waals surface area contributed by atoms with Crippen LogP contribution in [0.25, 0.3) is 10.9 Å². The summed E-state index contributed by atoms with van der Waals surface area (Å²) < 4.78 is 5.29. The van der Waals surface area contributed by atoms with Gasteiger partial charge in [0.1, 0.15) is 5.75 Å². The van der Waals surface area contributed by atoms with E-state index in [1.165, 1.54) is 5.56 Å². The number of aromatic nitrogens is 1. The van der Waals surface area contributed by atoms with Gasteiger partial charge in [-0.1, -0.05) is 30.3 Å². The number of hydrogen-bond donors (Lipinski definition) is 1. The lowest BCUT2D eigenvalue weighted by molar-refractivity contribution is 0.414. The van der Waals surface area contributed by atoms with E-state index in [-0.39, 0.29) is 6.04 Å². The van der Waals surface area contributed by atoms with Crippen molar-refractivity contribution in [3.63, 3.8) is 0 Å². The second-order valence-corrected chi connectivity index (χ2v) is 5.02. The number of ether oxygens (including phenoxy) is 1. The van der Waals surface area contributed by atoms with Crippen LogP contribution in [0.3, 0.4) is 0 Å². The zero-order chi connectivity index (χ0) is 14.7. The summed E-state index contributed by atoms with van der Waals surface area (Å²) in [6.45, 7) is 2.14. The SMILES string of the molecule is COc1cccc(C(C)Nc2cccc3cccnc23)c1. The van der Waals surface area contributed by atoms with Crippen LogP contribution < -0.4 is 10.1 Å². The van der Waals surface area contributed by atoms with Crippen LogP contribution in [0.5, 0.6) is 5.75 Å². The average molecular weight is 278 g/mol. The Morgan fingerprint density at radius 3 is 2.71 bits per heavy atom. The first kappa shape index (κ1) is 13.4. The molecule has 3 aromatic rings. The molecule has 2 aromatic carbocycles. The number of anilines is 1. The van der Waals surface area contributed by atoms with Gasteiger partial charge in [-0.25, -0.2) is 0 Å². The lowest BCUT2D eigenvalue weighted by atomic mass is 10.1. The molecule has 0 fully saturated rings. The van der Waals surface area contributed by atoms with Crippen LogP contribution in [0.15, 0.2) is 60.8 Å². The Kier molecular flexibility index (Phi) is 3.73. The quantitative estimate of drug-likeness (QED) is 0.767. The molecule has 0 saturated carbocycles. The monoisotopic (exact) mass is 278 g/mol. The predicted molar refractivity (Wildman–Crippen MR) is 86.8 cm³/mol. The number of benzene rings is 2. The molecule has 3 heteroatoms. The largest absolute Gasteiger partial charge is 0.497 e. The van der Waals surface area contributed by atoms with Crippen molar-refractivity contribution in [1.82, 2.24) is 4.98 Å². The molecule has 1 aromatic heterocycles. The molecule has 0 aliphatic carbocycles. The van der Waals surface area contributed by atoms with Gasteiger partial charge in [0.15, 0.2) is 0 Å². The minimum absolute atomic E-state index is 0.174. The third-order valence-corrected chi connectivity index (χ3v) is 3.60. The summed E-state index contributed by atoms with van der Waals surface area (Å²) in [5.41, 5.74) is 3.22. The highest BCUT2D eigenvalue weighted by molar-refractivity contribution is 5.90. The van der Waals surface area contributed by atoms with Gasteiger partial charge >= 0.3 is 0 Å². The lowest BCUT2D eigenvalue weighted by Gasteiger charge is -2.17. The van der Waals surface area contributed by atoms with E-state index in [2.05, 4.69) is 47.6 Å². The van der Waals surface area contributed by atoms with E-state index in [1.54, 1.807) is 7.11 Å². The molecule has 0 spiro atoms. The van der Waals surface area contributed by atoms with E-state index < -0.39 is 0 Å². The maximum absolute atomic E-state index is 5.29. The maximum atomic E-state index is 5.29. The average Bonchev–Trinajstić information content (AvgIpc) is 2.55. The third kappa shape index (κ3) is 2.82. The van der Waals surface area contributed by atoms with Crippen molar-refractivity contribution in [3.8, 4) is 5.75 Å². The second kappa shape index (κ2) is 5.83. The number of fused-ring (bicyclic) bond motifs is 1. The molecule has 106 valence electrons. The lowest BCUT2D eigenvalue weighted by Crippen LogP contribution is -2.07. The molecular weight excluding hydrogens is 260 g/mol. The summed E-state index contributed by atoms with van der Waals surface area (Å²) in [4.78, 5) is 4.47.